The molecule has 1 atom stereocenters. The highest BCUT2D eigenvalue weighted by molar-refractivity contribution is 5.89. The summed E-state index contributed by atoms with van der Waals surface area (Å²) in [5, 5.41) is 19.1. The molecule has 2 aromatic rings. The number of aromatic nitrogens is 1. The Morgan fingerprint density at radius 1 is 1.27 bits per heavy atom. The third kappa shape index (κ3) is 3.17. The van der Waals surface area contributed by atoms with Crippen molar-refractivity contribution in [1.82, 2.24) is 4.57 Å². The molecule has 1 heterocycles. The third-order valence-electron chi connectivity index (χ3n) is 3.27. The predicted molar refractivity (Wildman–Crippen MR) is 79.5 cm³/mol. The molecule has 1 unspecified atom stereocenters. The first-order valence-electron chi connectivity index (χ1n) is 6.88. The summed E-state index contributed by atoms with van der Waals surface area (Å²) in [4.78, 5) is 23.5. The quantitative estimate of drug-likeness (QED) is 0.822. The molecule has 0 aliphatic heterocycles. The van der Waals surface area contributed by atoms with Crippen LogP contribution in [-0.4, -0.2) is 20.7 Å². The molecular formula is C16H17NO5. The van der Waals surface area contributed by atoms with E-state index >= 15 is 0 Å². The van der Waals surface area contributed by atoms with Crippen LogP contribution in [-0.2, 0) is 11.3 Å². The van der Waals surface area contributed by atoms with Gasteiger partial charge < -0.3 is 19.5 Å². The summed E-state index contributed by atoms with van der Waals surface area (Å²) < 4.78 is 6.80. The van der Waals surface area contributed by atoms with Gasteiger partial charge in [-0.25, -0.2) is 4.79 Å². The van der Waals surface area contributed by atoms with Crippen molar-refractivity contribution in [2.24, 2.45) is 0 Å². The molecule has 0 aliphatic carbocycles. The average Bonchev–Trinajstić information content (AvgIpc) is 2.55. The molecule has 0 saturated carbocycles. The van der Waals surface area contributed by atoms with Gasteiger partial charge in [0.2, 0.25) is 5.43 Å². The Bertz CT molecular complexity index is 708. The first-order valence-corrected chi connectivity index (χ1v) is 6.88. The zero-order valence-corrected chi connectivity index (χ0v) is 12.1. The number of nitrogens with zero attached hydrogens (tertiary/aromatic N) is 1. The van der Waals surface area contributed by atoms with Crippen molar-refractivity contribution in [2.45, 2.75) is 26.2 Å². The maximum absolute atomic E-state index is 12.1. The molecule has 0 amide bonds. The molecule has 116 valence electrons. The fraction of sp³-hybridized carbons (Fsp3) is 0.250. The Labute approximate surface area is 127 Å². The van der Waals surface area contributed by atoms with Crippen LogP contribution < -0.4 is 5.43 Å². The summed E-state index contributed by atoms with van der Waals surface area (Å²) in [6, 6.07) is 9.66. The first kappa shape index (κ1) is 15.8. The predicted octanol–water partition coefficient (Wildman–Crippen LogP) is 1.81. The SMILES string of the molecule is CCC(OC(=O)c1ccccc1)n1ccc(=O)c(O)c1CO. The molecule has 0 fully saturated rings. The van der Waals surface area contributed by atoms with E-state index in [9.17, 15) is 19.8 Å². The second kappa shape index (κ2) is 6.91. The number of aliphatic hydroxyl groups excluding tert-OH is 1. The molecule has 1 aromatic carbocycles. The molecule has 2 rings (SSSR count). The van der Waals surface area contributed by atoms with Gasteiger partial charge in [0.1, 0.15) is 0 Å². The molecule has 1 aromatic heterocycles. The van der Waals surface area contributed by atoms with Gasteiger partial charge in [-0.15, -0.1) is 0 Å². The number of ether oxygens (including phenoxy) is 1. The van der Waals surface area contributed by atoms with Crippen LogP contribution >= 0.6 is 0 Å². The van der Waals surface area contributed by atoms with Gasteiger partial charge in [-0.2, -0.15) is 0 Å². The standard InChI is InChI=1S/C16H17NO5/c1-2-14(22-16(21)11-6-4-3-5-7-11)17-9-8-13(19)15(20)12(17)10-18/h3-9,14,18,20H,2,10H2,1H3. The highest BCUT2D eigenvalue weighted by Gasteiger charge is 2.19. The Hall–Kier alpha value is -2.60. The van der Waals surface area contributed by atoms with Gasteiger partial charge in [0.15, 0.2) is 12.0 Å². The maximum atomic E-state index is 12.1. The van der Waals surface area contributed by atoms with E-state index in [1.54, 1.807) is 37.3 Å². The molecule has 0 saturated heterocycles. The van der Waals surface area contributed by atoms with E-state index in [4.69, 9.17) is 4.74 Å². The Balaban J connectivity index is 2.31. The van der Waals surface area contributed by atoms with E-state index in [1.807, 2.05) is 0 Å². The fourth-order valence-corrected chi connectivity index (χ4v) is 2.11. The van der Waals surface area contributed by atoms with E-state index in [0.29, 0.717) is 12.0 Å². The molecule has 6 nitrogen and oxygen atoms in total. The monoisotopic (exact) mass is 303 g/mol. The number of carbonyl (C=O) groups is 1. The smallest absolute Gasteiger partial charge is 0.340 e. The molecular weight excluding hydrogens is 286 g/mol. The van der Waals surface area contributed by atoms with Gasteiger partial charge in [-0.05, 0) is 12.1 Å². The topological polar surface area (TPSA) is 88.8 Å². The molecule has 2 N–H and O–H groups in total. The zero-order valence-electron chi connectivity index (χ0n) is 12.1. The fourth-order valence-electron chi connectivity index (χ4n) is 2.11. The zero-order chi connectivity index (χ0) is 16.1. The van der Waals surface area contributed by atoms with Crippen molar-refractivity contribution in [1.29, 1.82) is 0 Å². The van der Waals surface area contributed by atoms with Crippen molar-refractivity contribution in [2.75, 3.05) is 0 Å². The summed E-state index contributed by atoms with van der Waals surface area (Å²) in [5.41, 5.74) is -0.179. The largest absolute Gasteiger partial charge is 0.503 e. The van der Waals surface area contributed by atoms with E-state index in [0.717, 1.165) is 6.07 Å². The summed E-state index contributed by atoms with van der Waals surface area (Å²) in [6.45, 7) is 1.25. The molecule has 6 heteroatoms. The van der Waals surface area contributed by atoms with Crippen LogP contribution in [0.4, 0.5) is 0 Å². The maximum Gasteiger partial charge on any atom is 0.340 e. The van der Waals surface area contributed by atoms with E-state index in [2.05, 4.69) is 0 Å². The molecule has 22 heavy (non-hydrogen) atoms. The Morgan fingerprint density at radius 3 is 2.55 bits per heavy atom. The van der Waals surface area contributed by atoms with E-state index < -0.39 is 30.0 Å². The normalized spacial score (nSPS) is 11.9. The third-order valence-corrected chi connectivity index (χ3v) is 3.27. The molecule has 0 spiro atoms. The Morgan fingerprint density at radius 2 is 1.95 bits per heavy atom. The molecule has 0 radical (unpaired) electrons. The van der Waals surface area contributed by atoms with Gasteiger partial charge in [0.25, 0.3) is 0 Å². The van der Waals surface area contributed by atoms with Crippen molar-refractivity contribution in [3.8, 4) is 5.75 Å². The Kier molecular flexibility index (Phi) is 4.95. The second-order valence-electron chi connectivity index (χ2n) is 4.67. The summed E-state index contributed by atoms with van der Waals surface area (Å²) in [7, 11) is 0. The van der Waals surface area contributed by atoms with Gasteiger partial charge in [-0.3, -0.25) is 4.79 Å². The summed E-state index contributed by atoms with van der Waals surface area (Å²) >= 11 is 0. The van der Waals surface area contributed by atoms with Gasteiger partial charge in [-0.1, -0.05) is 25.1 Å². The van der Waals surface area contributed by atoms with Crippen LogP contribution in [0.5, 0.6) is 5.75 Å². The number of esters is 1. The number of carbonyl (C=O) groups excluding carboxylic acids is 1. The number of aliphatic hydroxyl groups is 1. The average molecular weight is 303 g/mol. The summed E-state index contributed by atoms with van der Waals surface area (Å²) in [6.07, 6.45) is 1.06. The number of aromatic hydroxyl groups is 1. The molecule has 0 aliphatic rings. The van der Waals surface area contributed by atoms with Gasteiger partial charge in [0, 0.05) is 18.7 Å². The minimum atomic E-state index is -0.735. The second-order valence-corrected chi connectivity index (χ2v) is 4.67. The van der Waals surface area contributed by atoms with Crippen LogP contribution in [0, 0.1) is 0 Å². The number of hydrogen-bond acceptors (Lipinski definition) is 5. The lowest BCUT2D eigenvalue weighted by molar-refractivity contribution is 0.00525. The van der Waals surface area contributed by atoms with Crippen LogP contribution in [0.2, 0.25) is 0 Å². The summed E-state index contributed by atoms with van der Waals surface area (Å²) in [5.74, 6) is -1.06. The number of hydrogen-bond donors (Lipinski definition) is 2. The highest BCUT2D eigenvalue weighted by Crippen LogP contribution is 2.21. The minimum absolute atomic E-state index is 0.0141. The molecule has 0 bridgehead atoms. The van der Waals surface area contributed by atoms with Crippen LogP contribution in [0.15, 0.2) is 47.4 Å². The highest BCUT2D eigenvalue weighted by atomic mass is 16.6. The lowest BCUT2D eigenvalue weighted by atomic mass is 10.2. The number of pyridine rings is 1. The van der Waals surface area contributed by atoms with Crippen LogP contribution in [0.25, 0.3) is 0 Å². The first-order chi connectivity index (χ1) is 10.6. The lowest BCUT2D eigenvalue weighted by Crippen LogP contribution is -2.22. The minimum Gasteiger partial charge on any atom is -0.503 e. The van der Waals surface area contributed by atoms with Crippen molar-refractivity contribution in [3.05, 3.63) is 64.1 Å². The van der Waals surface area contributed by atoms with Gasteiger partial charge >= 0.3 is 5.97 Å². The van der Waals surface area contributed by atoms with Crippen LogP contribution in [0.1, 0.15) is 35.6 Å². The van der Waals surface area contributed by atoms with Gasteiger partial charge in [0.05, 0.1) is 17.9 Å². The lowest BCUT2D eigenvalue weighted by Gasteiger charge is -2.22. The van der Waals surface area contributed by atoms with Crippen molar-refractivity contribution >= 4 is 5.97 Å². The van der Waals surface area contributed by atoms with E-state index in [-0.39, 0.29) is 5.69 Å². The number of benzene rings is 1. The number of rotatable bonds is 5. The van der Waals surface area contributed by atoms with E-state index in [1.165, 1.54) is 10.8 Å². The van der Waals surface area contributed by atoms with Crippen molar-refractivity contribution in [3.63, 3.8) is 0 Å². The van der Waals surface area contributed by atoms with Crippen LogP contribution in [0.3, 0.4) is 0 Å². The van der Waals surface area contributed by atoms with Crippen molar-refractivity contribution < 1.29 is 19.7 Å².